The van der Waals surface area contributed by atoms with Gasteiger partial charge >= 0.3 is 0 Å². The van der Waals surface area contributed by atoms with E-state index in [-0.39, 0.29) is 5.75 Å². The normalized spacial score (nSPS) is 16.8. The van der Waals surface area contributed by atoms with E-state index >= 15 is 0 Å². The highest BCUT2D eigenvalue weighted by Gasteiger charge is 2.24. The van der Waals surface area contributed by atoms with Crippen LogP contribution in [0.25, 0.3) is 22.4 Å². The van der Waals surface area contributed by atoms with Gasteiger partial charge in [0.1, 0.15) is 11.4 Å². The predicted molar refractivity (Wildman–Crippen MR) is 108 cm³/mol. The van der Waals surface area contributed by atoms with Gasteiger partial charge in [0.05, 0.1) is 12.4 Å². The van der Waals surface area contributed by atoms with Crippen molar-refractivity contribution in [2.24, 2.45) is 5.92 Å². The van der Waals surface area contributed by atoms with Gasteiger partial charge in [0.25, 0.3) is 0 Å². The van der Waals surface area contributed by atoms with Crippen LogP contribution >= 0.6 is 0 Å². The van der Waals surface area contributed by atoms with Crippen molar-refractivity contribution < 1.29 is 5.11 Å². The van der Waals surface area contributed by atoms with Gasteiger partial charge in [0.15, 0.2) is 0 Å². The van der Waals surface area contributed by atoms with E-state index in [4.69, 9.17) is 0 Å². The Bertz CT molecular complexity index is 909. The van der Waals surface area contributed by atoms with Crippen LogP contribution in [0, 0.1) is 5.92 Å². The van der Waals surface area contributed by atoms with E-state index in [0.29, 0.717) is 29.2 Å². The van der Waals surface area contributed by atoms with Crippen LogP contribution in [0.2, 0.25) is 0 Å². The average Bonchev–Trinajstić information content (AvgIpc) is 3.39. The molecule has 1 unspecified atom stereocenters. The van der Waals surface area contributed by atoms with Crippen molar-refractivity contribution in [1.29, 1.82) is 0 Å². The summed E-state index contributed by atoms with van der Waals surface area (Å²) in [4.78, 5) is 6.63. The molecule has 1 atom stereocenters. The molecule has 8 heteroatoms. The average molecular weight is 379 g/mol. The minimum Gasteiger partial charge on any atom is -0.507 e. The molecule has 0 aliphatic carbocycles. The first kappa shape index (κ1) is 18.4. The zero-order chi connectivity index (χ0) is 19.5. The van der Waals surface area contributed by atoms with Crippen LogP contribution in [-0.2, 0) is 0 Å². The lowest BCUT2D eigenvalue weighted by molar-refractivity contribution is 0.477. The van der Waals surface area contributed by atoms with Crippen molar-refractivity contribution in [2.45, 2.75) is 26.3 Å². The Morgan fingerprint density at radius 3 is 2.82 bits per heavy atom. The molecule has 1 aromatic carbocycles. The number of phenolic OH excluding ortho intramolecular Hbond substituents is 1. The lowest BCUT2D eigenvalue weighted by atomic mass is 10.0. The van der Waals surface area contributed by atoms with Crippen LogP contribution in [0.3, 0.4) is 0 Å². The maximum Gasteiger partial charge on any atom is 0.245 e. The summed E-state index contributed by atoms with van der Waals surface area (Å²) in [5.41, 5.74) is 2.95. The second kappa shape index (κ2) is 7.93. The fourth-order valence-corrected chi connectivity index (χ4v) is 3.38. The number of rotatable bonds is 6. The minimum absolute atomic E-state index is 0.140. The molecule has 2 aromatic heterocycles. The van der Waals surface area contributed by atoms with Crippen LogP contribution in [0.15, 0.2) is 36.8 Å². The number of nitrogens with one attached hydrogen (secondary N) is 2. The molecule has 3 N–H and O–H groups in total. The van der Waals surface area contributed by atoms with Crippen molar-refractivity contribution >= 4 is 5.95 Å². The summed E-state index contributed by atoms with van der Waals surface area (Å²) < 4.78 is 0. The van der Waals surface area contributed by atoms with Gasteiger partial charge in [-0.1, -0.05) is 19.9 Å². The molecule has 4 rings (SSSR count). The maximum atomic E-state index is 10.4. The molecule has 0 radical (unpaired) electrons. The number of hydrogen-bond donors (Lipinski definition) is 3. The summed E-state index contributed by atoms with van der Waals surface area (Å²) in [7, 11) is 0. The van der Waals surface area contributed by atoms with E-state index in [0.717, 1.165) is 37.2 Å². The summed E-state index contributed by atoms with van der Waals surface area (Å²) in [6.07, 6.45) is 6.24. The first-order chi connectivity index (χ1) is 13.6. The Morgan fingerprint density at radius 1 is 1.25 bits per heavy atom. The molecule has 1 saturated heterocycles. The first-order valence-electron chi connectivity index (χ1n) is 9.60. The maximum absolute atomic E-state index is 10.4. The van der Waals surface area contributed by atoms with Crippen LogP contribution in [0.5, 0.6) is 5.75 Å². The number of hydrogen-bond acceptors (Lipinski definition) is 7. The van der Waals surface area contributed by atoms with Gasteiger partial charge in [-0.05, 0) is 36.6 Å². The largest absolute Gasteiger partial charge is 0.507 e. The van der Waals surface area contributed by atoms with Crippen LogP contribution < -0.4 is 10.2 Å². The molecule has 0 amide bonds. The number of phenols is 1. The van der Waals surface area contributed by atoms with Crippen LogP contribution in [0.1, 0.15) is 20.3 Å². The van der Waals surface area contributed by atoms with Crippen molar-refractivity contribution in [1.82, 2.24) is 30.7 Å². The van der Waals surface area contributed by atoms with Gasteiger partial charge < -0.3 is 15.3 Å². The van der Waals surface area contributed by atoms with E-state index in [9.17, 15) is 5.11 Å². The van der Waals surface area contributed by atoms with Crippen molar-refractivity contribution in [3.8, 4) is 28.1 Å². The Balaban J connectivity index is 1.45. The summed E-state index contributed by atoms with van der Waals surface area (Å²) in [5, 5.41) is 29.3. The Hall–Kier alpha value is -3.00. The SMILES string of the molecule is CC(C)CNC1CCN(c2ncc(-c3ccc(-c4cn[nH]c4)cc3O)nn2)C1. The smallest absolute Gasteiger partial charge is 0.245 e. The van der Waals surface area contributed by atoms with Gasteiger partial charge in [0.2, 0.25) is 5.95 Å². The Labute approximate surface area is 164 Å². The zero-order valence-corrected chi connectivity index (χ0v) is 16.1. The highest BCUT2D eigenvalue weighted by molar-refractivity contribution is 5.73. The molecule has 28 heavy (non-hydrogen) atoms. The number of anilines is 1. The fourth-order valence-electron chi connectivity index (χ4n) is 3.38. The van der Waals surface area contributed by atoms with E-state index in [2.05, 4.69) is 49.4 Å². The third kappa shape index (κ3) is 3.96. The van der Waals surface area contributed by atoms with Gasteiger partial charge in [-0.15, -0.1) is 10.2 Å². The quantitative estimate of drug-likeness (QED) is 0.604. The Kier molecular flexibility index (Phi) is 5.21. The number of aromatic amines is 1. The standard InChI is InChI=1S/C20H25N7O/c1-13(2)8-21-16-5-6-27(12-16)20-22-11-18(25-26-20)17-4-3-14(7-19(17)28)15-9-23-24-10-15/h3-4,7,9-11,13,16,21,28H,5-6,8,12H2,1-2H3,(H,23,24). The second-order valence-corrected chi connectivity index (χ2v) is 7.60. The monoisotopic (exact) mass is 379 g/mol. The first-order valence-corrected chi connectivity index (χ1v) is 9.60. The summed E-state index contributed by atoms with van der Waals surface area (Å²) >= 11 is 0. The molecule has 8 nitrogen and oxygen atoms in total. The predicted octanol–water partition coefficient (Wildman–Crippen LogP) is 2.46. The molecule has 0 bridgehead atoms. The van der Waals surface area contributed by atoms with E-state index < -0.39 is 0 Å². The van der Waals surface area contributed by atoms with Gasteiger partial charge in [-0.3, -0.25) is 5.10 Å². The number of H-pyrrole nitrogens is 1. The third-order valence-corrected chi connectivity index (χ3v) is 4.94. The summed E-state index contributed by atoms with van der Waals surface area (Å²) in [5.74, 6) is 1.41. The minimum atomic E-state index is 0.140. The van der Waals surface area contributed by atoms with E-state index in [1.807, 2.05) is 12.1 Å². The van der Waals surface area contributed by atoms with Crippen molar-refractivity contribution in [2.75, 3.05) is 24.5 Å². The molecule has 0 saturated carbocycles. The zero-order valence-electron chi connectivity index (χ0n) is 16.1. The molecule has 1 aliphatic heterocycles. The highest BCUT2D eigenvalue weighted by Crippen LogP contribution is 2.32. The molecule has 1 fully saturated rings. The third-order valence-electron chi connectivity index (χ3n) is 4.94. The second-order valence-electron chi connectivity index (χ2n) is 7.60. The van der Waals surface area contributed by atoms with Gasteiger partial charge in [-0.2, -0.15) is 5.10 Å². The lowest BCUT2D eigenvalue weighted by Gasteiger charge is -2.17. The molecular formula is C20H25N7O. The molecule has 1 aliphatic rings. The molecule has 146 valence electrons. The van der Waals surface area contributed by atoms with Crippen LogP contribution in [0.4, 0.5) is 5.95 Å². The fraction of sp³-hybridized carbons (Fsp3) is 0.400. The Morgan fingerprint density at radius 2 is 2.14 bits per heavy atom. The van der Waals surface area contributed by atoms with Gasteiger partial charge in [-0.25, -0.2) is 4.98 Å². The summed E-state index contributed by atoms with van der Waals surface area (Å²) in [6.45, 7) is 7.25. The van der Waals surface area contributed by atoms with E-state index in [1.54, 1.807) is 24.7 Å². The van der Waals surface area contributed by atoms with Crippen molar-refractivity contribution in [3.63, 3.8) is 0 Å². The molecule has 0 spiro atoms. The summed E-state index contributed by atoms with van der Waals surface area (Å²) in [6, 6.07) is 5.90. The number of nitrogens with zero attached hydrogens (tertiary/aromatic N) is 5. The number of aromatic nitrogens is 5. The highest BCUT2D eigenvalue weighted by atomic mass is 16.3. The lowest BCUT2D eigenvalue weighted by Crippen LogP contribution is -2.35. The van der Waals surface area contributed by atoms with Crippen LogP contribution in [-0.4, -0.2) is 56.2 Å². The number of aromatic hydroxyl groups is 1. The topological polar surface area (TPSA) is 103 Å². The van der Waals surface area contributed by atoms with E-state index in [1.165, 1.54) is 0 Å². The number of benzene rings is 1. The molecule has 3 heterocycles. The molecule has 3 aromatic rings. The van der Waals surface area contributed by atoms with Crippen molar-refractivity contribution in [3.05, 3.63) is 36.8 Å². The van der Waals surface area contributed by atoms with Gasteiger partial charge in [0, 0.05) is 36.5 Å². The molecular weight excluding hydrogens is 354 g/mol.